The van der Waals surface area contributed by atoms with Crippen LogP contribution < -0.4 is 15.4 Å². The number of halogens is 2. The number of hydrogen-bond donors (Lipinski definition) is 2. The second kappa shape index (κ2) is 9.01. The number of nitrogens with zero attached hydrogens (tertiary/aromatic N) is 1. The normalized spacial score (nSPS) is 16.5. The molecule has 0 heterocycles. The lowest BCUT2D eigenvalue weighted by Crippen LogP contribution is -2.49. The summed E-state index contributed by atoms with van der Waals surface area (Å²) < 4.78 is 29.2. The Morgan fingerprint density at radius 2 is 1.79 bits per heavy atom. The van der Waals surface area contributed by atoms with E-state index in [1.54, 1.807) is 19.1 Å². The van der Waals surface area contributed by atoms with E-state index in [4.69, 9.17) is 0 Å². The number of amides is 1. The molecule has 0 bridgehead atoms. The number of carbonyl (C=O) groups excluding carboxylic acids is 1. The van der Waals surface area contributed by atoms with Gasteiger partial charge in [0.25, 0.3) is 0 Å². The van der Waals surface area contributed by atoms with E-state index in [9.17, 15) is 18.8 Å². The largest absolute Gasteiger partial charge is 0.435 e. The number of carbonyl (C=O) groups is 1. The molecule has 0 saturated heterocycles. The van der Waals surface area contributed by atoms with Crippen LogP contribution in [0.4, 0.5) is 8.78 Å². The summed E-state index contributed by atoms with van der Waals surface area (Å²) >= 11 is 0. The first-order valence-electron chi connectivity index (χ1n) is 9.46. The van der Waals surface area contributed by atoms with Crippen molar-refractivity contribution in [3.8, 4) is 11.8 Å². The number of nitriles is 1. The number of rotatable bonds is 9. The smallest absolute Gasteiger partial charge is 0.387 e. The highest BCUT2D eigenvalue weighted by Gasteiger charge is 2.42. The SMILES string of the molecule is C[C@@](C#N)(NC(=O)CN[C@@H](c1ccccc1)c1ccc(OC(F)F)cc1)C1CC1. The second-order valence-corrected chi connectivity index (χ2v) is 7.31. The first-order valence-corrected chi connectivity index (χ1v) is 9.46. The number of benzene rings is 2. The molecule has 1 saturated carbocycles. The summed E-state index contributed by atoms with van der Waals surface area (Å²) in [5.41, 5.74) is 0.874. The van der Waals surface area contributed by atoms with E-state index >= 15 is 0 Å². The molecule has 29 heavy (non-hydrogen) atoms. The summed E-state index contributed by atoms with van der Waals surface area (Å²) in [5, 5.41) is 15.5. The molecular weight excluding hydrogens is 376 g/mol. The van der Waals surface area contributed by atoms with Crippen LogP contribution in [0.25, 0.3) is 0 Å². The Kier molecular flexibility index (Phi) is 6.45. The summed E-state index contributed by atoms with van der Waals surface area (Å²) in [7, 11) is 0. The molecule has 2 aromatic rings. The van der Waals surface area contributed by atoms with Crippen molar-refractivity contribution in [3.63, 3.8) is 0 Å². The topological polar surface area (TPSA) is 74.2 Å². The van der Waals surface area contributed by atoms with Crippen molar-refractivity contribution in [2.24, 2.45) is 5.92 Å². The standard InChI is InChI=1S/C22H23F2N3O2/c1-22(14-25,17-9-10-17)27-19(28)13-26-20(15-5-3-2-4-6-15)16-7-11-18(12-8-16)29-21(23)24/h2-8,11-12,17,20-21,26H,9-10,13H2,1H3,(H,27,28)/t20-,22-/m0/s1. The maximum Gasteiger partial charge on any atom is 0.387 e. The van der Waals surface area contributed by atoms with Crippen molar-refractivity contribution in [2.75, 3.05) is 6.54 Å². The van der Waals surface area contributed by atoms with Gasteiger partial charge in [0.2, 0.25) is 5.91 Å². The molecule has 0 spiro atoms. The highest BCUT2D eigenvalue weighted by Crippen LogP contribution is 2.39. The molecule has 1 fully saturated rings. The van der Waals surface area contributed by atoms with Crippen LogP contribution in [0, 0.1) is 17.2 Å². The van der Waals surface area contributed by atoms with Gasteiger partial charge in [0.1, 0.15) is 11.3 Å². The van der Waals surface area contributed by atoms with Crippen LogP contribution in [0.5, 0.6) is 5.75 Å². The zero-order chi connectivity index (χ0) is 20.9. The quantitative estimate of drug-likeness (QED) is 0.673. The Morgan fingerprint density at radius 1 is 1.17 bits per heavy atom. The number of ether oxygens (including phenoxy) is 1. The van der Waals surface area contributed by atoms with E-state index in [2.05, 4.69) is 21.4 Å². The molecular formula is C22H23F2N3O2. The predicted octanol–water partition coefficient (Wildman–Crippen LogP) is 3.78. The van der Waals surface area contributed by atoms with E-state index in [1.807, 2.05) is 30.3 Å². The summed E-state index contributed by atoms with van der Waals surface area (Å²) in [6.07, 6.45) is 1.88. The molecule has 0 radical (unpaired) electrons. The molecule has 5 nitrogen and oxygen atoms in total. The van der Waals surface area contributed by atoms with Gasteiger partial charge in [-0.1, -0.05) is 42.5 Å². The van der Waals surface area contributed by atoms with Crippen LogP contribution in [-0.4, -0.2) is 24.6 Å². The van der Waals surface area contributed by atoms with Gasteiger partial charge in [-0.2, -0.15) is 14.0 Å². The minimum Gasteiger partial charge on any atom is -0.435 e. The fraction of sp³-hybridized carbons (Fsp3) is 0.364. The van der Waals surface area contributed by atoms with Crippen molar-refractivity contribution >= 4 is 5.91 Å². The lowest BCUT2D eigenvalue weighted by Gasteiger charge is -2.25. The summed E-state index contributed by atoms with van der Waals surface area (Å²) in [6, 6.07) is 17.7. The van der Waals surface area contributed by atoms with Crippen LogP contribution in [0.15, 0.2) is 54.6 Å². The van der Waals surface area contributed by atoms with Gasteiger partial charge >= 0.3 is 6.61 Å². The fourth-order valence-electron chi connectivity index (χ4n) is 3.33. The van der Waals surface area contributed by atoms with Gasteiger partial charge < -0.3 is 10.1 Å². The second-order valence-electron chi connectivity index (χ2n) is 7.31. The lowest BCUT2D eigenvalue weighted by molar-refractivity contribution is -0.121. The van der Waals surface area contributed by atoms with Crippen molar-refractivity contribution in [2.45, 2.75) is 38.0 Å². The predicted molar refractivity (Wildman–Crippen MR) is 104 cm³/mol. The lowest BCUT2D eigenvalue weighted by atomic mass is 9.97. The Bertz CT molecular complexity index is 864. The molecule has 1 amide bonds. The third kappa shape index (κ3) is 5.52. The zero-order valence-corrected chi connectivity index (χ0v) is 16.1. The van der Waals surface area contributed by atoms with Crippen LogP contribution in [0.3, 0.4) is 0 Å². The first kappa shape index (κ1) is 20.7. The average molecular weight is 399 g/mol. The van der Waals surface area contributed by atoms with Crippen molar-refractivity contribution in [1.82, 2.24) is 10.6 Å². The number of alkyl halides is 2. The first-order chi connectivity index (χ1) is 13.9. The van der Waals surface area contributed by atoms with E-state index in [1.165, 1.54) is 12.1 Å². The number of hydrogen-bond acceptors (Lipinski definition) is 4. The van der Waals surface area contributed by atoms with Gasteiger partial charge in [-0.05, 0) is 48.9 Å². The summed E-state index contributed by atoms with van der Waals surface area (Å²) in [5.74, 6) is 0.00538. The highest BCUT2D eigenvalue weighted by atomic mass is 19.3. The Balaban J connectivity index is 1.71. The van der Waals surface area contributed by atoms with Gasteiger partial charge in [-0.3, -0.25) is 10.1 Å². The maximum absolute atomic E-state index is 12.5. The summed E-state index contributed by atoms with van der Waals surface area (Å²) in [4.78, 5) is 12.5. The van der Waals surface area contributed by atoms with Crippen LogP contribution >= 0.6 is 0 Å². The molecule has 7 heteroatoms. The van der Waals surface area contributed by atoms with Gasteiger partial charge in [0.05, 0.1) is 18.7 Å². The Hall–Kier alpha value is -2.98. The van der Waals surface area contributed by atoms with Gasteiger partial charge in [0, 0.05) is 0 Å². The minimum absolute atomic E-state index is 0.0127. The highest BCUT2D eigenvalue weighted by molar-refractivity contribution is 5.79. The van der Waals surface area contributed by atoms with Crippen LogP contribution in [0.2, 0.25) is 0 Å². The van der Waals surface area contributed by atoms with Gasteiger partial charge in [-0.25, -0.2) is 0 Å². The number of nitrogens with one attached hydrogen (secondary N) is 2. The molecule has 2 N–H and O–H groups in total. The van der Waals surface area contributed by atoms with Crippen molar-refractivity contribution in [3.05, 3.63) is 65.7 Å². The Morgan fingerprint density at radius 3 is 2.34 bits per heavy atom. The molecule has 3 rings (SSSR count). The molecule has 2 atom stereocenters. The Labute approximate surface area is 168 Å². The fourth-order valence-corrected chi connectivity index (χ4v) is 3.33. The molecule has 152 valence electrons. The summed E-state index contributed by atoms with van der Waals surface area (Å²) in [6.45, 7) is -1.12. The van der Waals surface area contributed by atoms with Crippen LogP contribution in [-0.2, 0) is 4.79 Å². The van der Waals surface area contributed by atoms with Crippen LogP contribution in [0.1, 0.15) is 36.9 Å². The third-order valence-corrected chi connectivity index (χ3v) is 5.06. The molecule has 1 aliphatic rings. The molecule has 0 unspecified atom stereocenters. The van der Waals surface area contributed by atoms with E-state index in [0.717, 1.165) is 24.0 Å². The van der Waals surface area contributed by atoms with E-state index < -0.39 is 12.2 Å². The zero-order valence-electron chi connectivity index (χ0n) is 16.1. The van der Waals surface area contributed by atoms with E-state index in [-0.39, 0.29) is 30.2 Å². The minimum atomic E-state index is -2.88. The molecule has 0 aliphatic heterocycles. The maximum atomic E-state index is 12.5. The van der Waals surface area contributed by atoms with Gasteiger partial charge in [0.15, 0.2) is 0 Å². The van der Waals surface area contributed by atoms with Crippen molar-refractivity contribution < 1.29 is 18.3 Å². The third-order valence-electron chi connectivity index (χ3n) is 5.06. The van der Waals surface area contributed by atoms with Crippen molar-refractivity contribution in [1.29, 1.82) is 5.26 Å². The molecule has 0 aromatic heterocycles. The van der Waals surface area contributed by atoms with Gasteiger partial charge in [-0.15, -0.1) is 0 Å². The molecule has 1 aliphatic carbocycles. The average Bonchev–Trinajstić information content (AvgIpc) is 3.55. The molecule has 2 aromatic carbocycles. The van der Waals surface area contributed by atoms with E-state index in [0.29, 0.717) is 0 Å². The monoisotopic (exact) mass is 399 g/mol.